The Morgan fingerprint density at radius 3 is 2.55 bits per heavy atom. The molecule has 0 bridgehead atoms. The molecule has 0 unspecified atom stereocenters. The third-order valence-corrected chi connectivity index (χ3v) is 3.26. The second kappa shape index (κ2) is 8.28. The van der Waals surface area contributed by atoms with Crippen molar-refractivity contribution in [1.29, 1.82) is 0 Å². The number of H-pyrrole nitrogens is 2. The number of anilines is 1. The molecule has 0 saturated carbocycles. The normalized spacial score (nSPS) is 10.3. The maximum atomic E-state index is 11.9. The zero-order chi connectivity index (χ0) is 15.4. The number of carbonyl (C=O) groups excluding carboxylic acids is 1. The first-order valence-electron chi connectivity index (χ1n) is 6.81. The number of hydrogen-bond donors (Lipinski definition) is 3. The summed E-state index contributed by atoms with van der Waals surface area (Å²) < 4.78 is 0. The molecule has 8 heteroatoms. The van der Waals surface area contributed by atoms with Crippen molar-refractivity contribution in [3.63, 3.8) is 0 Å². The fraction of sp³-hybridized carbons (Fsp3) is 0.357. The van der Waals surface area contributed by atoms with Crippen molar-refractivity contribution in [3.05, 3.63) is 38.9 Å². The Morgan fingerprint density at radius 1 is 1.18 bits per heavy atom. The van der Waals surface area contributed by atoms with E-state index in [0.29, 0.717) is 11.5 Å². The van der Waals surface area contributed by atoms with Crippen molar-refractivity contribution >= 4 is 51.9 Å². The molecule has 2 rings (SSSR count). The van der Waals surface area contributed by atoms with E-state index >= 15 is 0 Å². The Kier molecular flexibility index (Phi) is 7.02. The molecule has 1 amide bonds. The molecule has 0 aliphatic rings. The monoisotopic (exact) mass is 315 g/mol. The van der Waals surface area contributed by atoms with E-state index in [-0.39, 0.29) is 52.4 Å². The predicted molar refractivity (Wildman–Crippen MR) is 85.8 cm³/mol. The molecule has 0 fully saturated rings. The van der Waals surface area contributed by atoms with E-state index in [2.05, 4.69) is 10.2 Å². The van der Waals surface area contributed by atoms with Crippen LogP contribution in [0.5, 0.6) is 0 Å². The number of aromatic nitrogens is 2. The molecule has 0 radical (unpaired) electrons. The van der Waals surface area contributed by atoms with E-state index in [4.69, 9.17) is 0 Å². The summed E-state index contributed by atoms with van der Waals surface area (Å²) in [6.45, 7) is 2.01. The van der Waals surface area contributed by atoms with E-state index in [0.717, 1.165) is 12.8 Å². The second-order valence-electron chi connectivity index (χ2n) is 4.77. The van der Waals surface area contributed by atoms with E-state index in [1.165, 1.54) is 18.2 Å². The van der Waals surface area contributed by atoms with E-state index in [1.54, 1.807) is 0 Å². The zero-order valence-electron chi connectivity index (χ0n) is 11.7. The number of fused-ring (bicyclic) bond motifs is 1. The molecule has 2 aromatic rings. The van der Waals surface area contributed by atoms with Gasteiger partial charge in [0, 0.05) is 6.42 Å². The molecule has 0 atom stereocenters. The first kappa shape index (κ1) is 18.6. The summed E-state index contributed by atoms with van der Waals surface area (Å²) in [5, 5.41) is 15.0. The zero-order valence-corrected chi connectivity index (χ0v) is 11.7. The van der Waals surface area contributed by atoms with E-state index < -0.39 is 17.0 Å². The summed E-state index contributed by atoms with van der Waals surface area (Å²) in [7, 11) is 0. The molecule has 22 heavy (non-hydrogen) atoms. The van der Waals surface area contributed by atoms with Crippen LogP contribution < -0.4 is 16.2 Å². The number of hydroxylamine groups is 1. The van der Waals surface area contributed by atoms with Gasteiger partial charge in [0.25, 0.3) is 17.0 Å². The van der Waals surface area contributed by atoms with Crippen LogP contribution in [0.3, 0.4) is 0 Å². The minimum absolute atomic E-state index is 0. The first-order valence-corrected chi connectivity index (χ1v) is 6.81. The van der Waals surface area contributed by atoms with Crippen LogP contribution in [0.25, 0.3) is 10.8 Å². The molecule has 0 aliphatic heterocycles. The maximum absolute atomic E-state index is 11.9. The summed E-state index contributed by atoms with van der Waals surface area (Å²) >= 11 is 0. The molecule has 1 aromatic heterocycles. The van der Waals surface area contributed by atoms with Crippen LogP contribution in [-0.2, 0) is 4.79 Å². The van der Waals surface area contributed by atoms with Crippen LogP contribution in [0.1, 0.15) is 32.6 Å². The SMILES string of the molecule is CCCCCC(=O)N(O)c1cccc2c(=O)[nH][nH]c(=O)c12.[NaH]. The summed E-state index contributed by atoms with van der Waals surface area (Å²) in [6, 6.07) is 4.39. The molecule has 3 N–H and O–H groups in total. The Morgan fingerprint density at radius 2 is 1.86 bits per heavy atom. The molecule has 1 aromatic carbocycles. The van der Waals surface area contributed by atoms with Crippen molar-refractivity contribution in [1.82, 2.24) is 10.2 Å². The third-order valence-electron chi connectivity index (χ3n) is 3.26. The van der Waals surface area contributed by atoms with Gasteiger partial charge in [-0.3, -0.25) is 29.8 Å². The molecule has 0 spiro atoms. The van der Waals surface area contributed by atoms with Gasteiger partial charge in [0.2, 0.25) is 0 Å². The molecule has 0 saturated heterocycles. The fourth-order valence-electron chi connectivity index (χ4n) is 2.15. The number of nitrogens with zero attached hydrogens (tertiary/aromatic N) is 1. The average molecular weight is 315 g/mol. The number of rotatable bonds is 5. The molecule has 0 aliphatic carbocycles. The summed E-state index contributed by atoms with van der Waals surface area (Å²) in [5.41, 5.74) is -1.04. The van der Waals surface area contributed by atoms with Gasteiger partial charge in [-0.2, -0.15) is 5.06 Å². The van der Waals surface area contributed by atoms with E-state index in [1.807, 2.05) is 6.92 Å². The van der Waals surface area contributed by atoms with Gasteiger partial charge in [0.15, 0.2) is 0 Å². The third kappa shape index (κ3) is 3.86. The quantitative estimate of drug-likeness (QED) is 0.329. The van der Waals surface area contributed by atoms with Crippen LogP contribution in [-0.4, -0.2) is 50.9 Å². The number of carbonyl (C=O) groups is 1. The van der Waals surface area contributed by atoms with Crippen LogP contribution in [0.2, 0.25) is 0 Å². The number of benzene rings is 1. The van der Waals surface area contributed by atoms with E-state index in [9.17, 15) is 19.6 Å². The fourth-order valence-corrected chi connectivity index (χ4v) is 2.15. The minimum atomic E-state index is -0.569. The van der Waals surface area contributed by atoms with Gasteiger partial charge in [-0.1, -0.05) is 25.8 Å². The van der Waals surface area contributed by atoms with Crippen molar-refractivity contribution in [2.45, 2.75) is 32.6 Å². The van der Waals surface area contributed by atoms with Crippen LogP contribution in [0, 0.1) is 0 Å². The Balaban J connectivity index is 0.00000242. The Bertz CT molecular complexity index is 769. The van der Waals surface area contributed by atoms with Crippen molar-refractivity contribution in [2.24, 2.45) is 0 Å². The van der Waals surface area contributed by atoms with Crippen LogP contribution in [0.4, 0.5) is 5.69 Å². The van der Waals surface area contributed by atoms with Gasteiger partial charge in [-0.05, 0) is 18.6 Å². The summed E-state index contributed by atoms with van der Waals surface area (Å²) in [4.78, 5) is 35.5. The van der Waals surface area contributed by atoms with Crippen LogP contribution >= 0.6 is 0 Å². The molecule has 7 nitrogen and oxygen atoms in total. The van der Waals surface area contributed by atoms with Gasteiger partial charge in [-0.25, -0.2) is 0 Å². The first-order chi connectivity index (χ1) is 10.1. The molecular weight excluding hydrogens is 297 g/mol. The molecule has 114 valence electrons. The second-order valence-corrected chi connectivity index (χ2v) is 4.77. The van der Waals surface area contributed by atoms with Crippen molar-refractivity contribution in [2.75, 3.05) is 5.06 Å². The van der Waals surface area contributed by atoms with Crippen molar-refractivity contribution < 1.29 is 10.0 Å². The number of nitrogens with one attached hydrogen (secondary N) is 2. The standard InChI is InChI=1S/C14H17N3O4.Na.H/c1-2-3-4-8-11(18)17(21)10-7-5-6-9-12(10)14(20)16-15-13(9)19;;/h5-7,21H,2-4,8H2,1H3,(H,15,19)(H,16,20);;. The number of hydrogen-bond acceptors (Lipinski definition) is 4. The molecular formula is C14H18N3NaO4. The topological polar surface area (TPSA) is 106 Å². The predicted octanol–water partition coefficient (Wildman–Crippen LogP) is 0.870. The number of unbranched alkanes of at least 4 members (excludes halogenated alkanes) is 2. The molecule has 1 heterocycles. The van der Waals surface area contributed by atoms with Gasteiger partial charge in [0.05, 0.1) is 16.5 Å². The Labute approximate surface area is 148 Å². The van der Waals surface area contributed by atoms with Gasteiger partial charge in [0.1, 0.15) is 0 Å². The van der Waals surface area contributed by atoms with Gasteiger partial charge < -0.3 is 0 Å². The number of aromatic amines is 2. The van der Waals surface area contributed by atoms with Crippen molar-refractivity contribution in [3.8, 4) is 0 Å². The van der Waals surface area contributed by atoms with Crippen LogP contribution in [0.15, 0.2) is 27.8 Å². The number of amides is 1. The summed E-state index contributed by atoms with van der Waals surface area (Å²) in [5.74, 6) is -0.504. The Hall–Kier alpha value is -1.41. The van der Waals surface area contributed by atoms with Gasteiger partial charge in [-0.15, -0.1) is 0 Å². The summed E-state index contributed by atoms with van der Waals surface area (Å²) in [6.07, 6.45) is 2.69. The average Bonchev–Trinajstić information content (AvgIpc) is 2.50. The van der Waals surface area contributed by atoms with Gasteiger partial charge >= 0.3 is 29.6 Å².